The highest BCUT2D eigenvalue weighted by Gasteiger charge is 2.25. The Morgan fingerprint density at radius 2 is 2.30 bits per heavy atom. The molecule has 0 amide bonds. The zero-order valence-corrected chi connectivity index (χ0v) is 19.0. The normalized spacial score (nSPS) is 16.9. The number of aromatic nitrogens is 1. The molecule has 5 nitrogen and oxygen atoms in total. The van der Waals surface area contributed by atoms with Crippen LogP contribution in [0, 0.1) is 5.82 Å². The molecule has 2 aromatic rings. The second-order valence-corrected chi connectivity index (χ2v) is 7.90. The number of hydrogen-bond donors (Lipinski definition) is 2. The zero-order valence-electron chi connectivity index (χ0n) is 15.1. The van der Waals surface area contributed by atoms with Crippen LogP contribution in [0.2, 0.25) is 4.34 Å². The van der Waals surface area contributed by atoms with E-state index < -0.39 is 0 Å². The molecule has 0 aromatic carbocycles. The molecule has 0 saturated carbocycles. The lowest BCUT2D eigenvalue weighted by Gasteiger charge is -2.19. The van der Waals surface area contributed by atoms with E-state index in [-0.39, 0.29) is 35.8 Å². The van der Waals surface area contributed by atoms with E-state index in [0.717, 1.165) is 36.2 Å². The van der Waals surface area contributed by atoms with E-state index in [1.54, 1.807) is 23.6 Å². The fraction of sp³-hybridized carbons (Fsp3) is 0.444. The molecule has 3 heterocycles. The zero-order chi connectivity index (χ0) is 18.4. The van der Waals surface area contributed by atoms with E-state index >= 15 is 0 Å². The van der Waals surface area contributed by atoms with Crippen LogP contribution in [0.25, 0.3) is 0 Å². The van der Waals surface area contributed by atoms with E-state index in [0.29, 0.717) is 18.9 Å². The lowest BCUT2D eigenvalue weighted by molar-refractivity contribution is 0.612. The second kappa shape index (κ2) is 11.0. The van der Waals surface area contributed by atoms with Gasteiger partial charge in [0.1, 0.15) is 0 Å². The molecule has 2 aromatic heterocycles. The third kappa shape index (κ3) is 6.46. The van der Waals surface area contributed by atoms with Gasteiger partial charge in [0.15, 0.2) is 17.6 Å². The topological polar surface area (TPSA) is 52.6 Å². The molecule has 1 fully saturated rings. The summed E-state index contributed by atoms with van der Waals surface area (Å²) >= 11 is 7.55. The Hall–Kier alpha value is -1.13. The standard InChI is InChI=1S/C18H23ClFN5S.HI/c1-2-21-18(23-10-7-14-5-6-16(19)26-14)24-13-8-11-25(12-13)17-15(20)4-3-9-22-17;/h3-6,9,13H,2,7-8,10-12H2,1H3,(H2,21,23,24);1H. The van der Waals surface area contributed by atoms with E-state index in [1.807, 2.05) is 24.0 Å². The third-order valence-corrected chi connectivity index (χ3v) is 5.46. The van der Waals surface area contributed by atoms with Crippen molar-refractivity contribution in [1.29, 1.82) is 0 Å². The Labute approximate surface area is 185 Å². The molecule has 27 heavy (non-hydrogen) atoms. The molecular weight excluding hydrogens is 500 g/mol. The Bertz CT molecular complexity index is 757. The van der Waals surface area contributed by atoms with Gasteiger partial charge in [0, 0.05) is 49.7 Å². The Balaban J connectivity index is 0.00000261. The highest BCUT2D eigenvalue weighted by Crippen LogP contribution is 2.22. The monoisotopic (exact) mass is 523 g/mol. The molecule has 0 spiro atoms. The maximum atomic E-state index is 13.9. The number of thiophene rings is 1. The van der Waals surface area contributed by atoms with Gasteiger partial charge in [0.25, 0.3) is 0 Å². The molecule has 1 aliphatic rings. The van der Waals surface area contributed by atoms with Gasteiger partial charge in [-0.3, -0.25) is 4.99 Å². The van der Waals surface area contributed by atoms with Crippen LogP contribution < -0.4 is 15.5 Å². The molecule has 0 bridgehead atoms. The Kier molecular flexibility index (Phi) is 9.04. The molecule has 0 radical (unpaired) electrons. The molecule has 1 unspecified atom stereocenters. The van der Waals surface area contributed by atoms with Crippen LogP contribution in [0.15, 0.2) is 35.5 Å². The van der Waals surface area contributed by atoms with E-state index in [1.165, 1.54) is 10.9 Å². The molecule has 1 atom stereocenters. The summed E-state index contributed by atoms with van der Waals surface area (Å²) in [6, 6.07) is 7.23. The van der Waals surface area contributed by atoms with Crippen LogP contribution >= 0.6 is 46.9 Å². The van der Waals surface area contributed by atoms with Crippen LogP contribution in [-0.4, -0.2) is 43.2 Å². The number of halogens is 3. The maximum absolute atomic E-state index is 13.9. The average Bonchev–Trinajstić information content (AvgIpc) is 3.25. The van der Waals surface area contributed by atoms with Crippen molar-refractivity contribution < 1.29 is 4.39 Å². The van der Waals surface area contributed by atoms with Gasteiger partial charge in [0.05, 0.1) is 4.34 Å². The summed E-state index contributed by atoms with van der Waals surface area (Å²) in [5.74, 6) is 0.945. The molecule has 1 aliphatic heterocycles. The number of nitrogens with one attached hydrogen (secondary N) is 2. The maximum Gasteiger partial charge on any atom is 0.191 e. The van der Waals surface area contributed by atoms with Gasteiger partial charge in [-0.2, -0.15) is 0 Å². The minimum atomic E-state index is -0.275. The van der Waals surface area contributed by atoms with E-state index in [2.05, 4.69) is 20.6 Å². The van der Waals surface area contributed by atoms with Crippen LogP contribution in [0.5, 0.6) is 0 Å². The summed E-state index contributed by atoms with van der Waals surface area (Å²) in [6.07, 6.45) is 3.41. The Morgan fingerprint density at radius 1 is 1.44 bits per heavy atom. The smallest absolute Gasteiger partial charge is 0.191 e. The predicted molar refractivity (Wildman–Crippen MR) is 122 cm³/mol. The van der Waals surface area contributed by atoms with E-state index in [4.69, 9.17) is 11.6 Å². The first-order chi connectivity index (χ1) is 12.7. The van der Waals surface area contributed by atoms with Crippen molar-refractivity contribution in [2.45, 2.75) is 25.8 Å². The second-order valence-electron chi connectivity index (χ2n) is 6.10. The number of rotatable bonds is 6. The van der Waals surface area contributed by atoms with Gasteiger partial charge in [-0.05, 0) is 37.6 Å². The van der Waals surface area contributed by atoms with Crippen molar-refractivity contribution in [3.63, 3.8) is 0 Å². The van der Waals surface area contributed by atoms with Gasteiger partial charge in [-0.25, -0.2) is 9.37 Å². The van der Waals surface area contributed by atoms with Gasteiger partial charge in [-0.15, -0.1) is 35.3 Å². The number of hydrogen-bond acceptors (Lipinski definition) is 4. The van der Waals surface area contributed by atoms with Crippen molar-refractivity contribution in [2.75, 3.05) is 31.1 Å². The largest absolute Gasteiger partial charge is 0.357 e. The van der Waals surface area contributed by atoms with Gasteiger partial charge in [-0.1, -0.05) is 11.6 Å². The molecule has 0 aliphatic carbocycles. The van der Waals surface area contributed by atoms with Crippen LogP contribution in [0.4, 0.5) is 10.2 Å². The van der Waals surface area contributed by atoms with Crippen molar-refractivity contribution in [3.05, 3.63) is 45.5 Å². The minimum Gasteiger partial charge on any atom is -0.357 e. The predicted octanol–water partition coefficient (Wildman–Crippen LogP) is 3.93. The van der Waals surface area contributed by atoms with Crippen LogP contribution in [0.1, 0.15) is 18.2 Å². The molecule has 2 N–H and O–H groups in total. The summed E-state index contributed by atoms with van der Waals surface area (Å²) in [5, 5.41) is 6.73. The SMILES string of the molecule is CCNC(=NCCc1ccc(Cl)s1)NC1CCN(c2ncccc2F)C1.I. The number of guanidine groups is 1. The minimum absolute atomic E-state index is 0. The number of pyridine rings is 1. The van der Waals surface area contributed by atoms with Gasteiger partial charge < -0.3 is 15.5 Å². The number of anilines is 1. The summed E-state index contributed by atoms with van der Waals surface area (Å²) in [4.78, 5) is 12.0. The van der Waals surface area contributed by atoms with Crippen LogP contribution in [-0.2, 0) is 6.42 Å². The van der Waals surface area contributed by atoms with Crippen LogP contribution in [0.3, 0.4) is 0 Å². The van der Waals surface area contributed by atoms with Crippen molar-refractivity contribution in [1.82, 2.24) is 15.6 Å². The third-order valence-electron chi connectivity index (χ3n) is 4.17. The molecule has 3 rings (SSSR count). The van der Waals surface area contributed by atoms with E-state index in [9.17, 15) is 4.39 Å². The number of aliphatic imine (C=N–C) groups is 1. The van der Waals surface area contributed by atoms with Crippen molar-refractivity contribution >= 4 is 58.7 Å². The molecule has 148 valence electrons. The summed E-state index contributed by atoms with van der Waals surface area (Å²) in [7, 11) is 0. The first-order valence-corrected chi connectivity index (χ1v) is 9.99. The quantitative estimate of drug-likeness (QED) is 0.342. The fourth-order valence-corrected chi connectivity index (χ4v) is 4.03. The van der Waals surface area contributed by atoms with Crippen molar-refractivity contribution in [2.24, 2.45) is 4.99 Å². The molecular formula is C18H24ClFIN5S. The molecule has 1 saturated heterocycles. The summed E-state index contributed by atoms with van der Waals surface area (Å²) in [5.41, 5.74) is 0. The fourth-order valence-electron chi connectivity index (χ4n) is 2.96. The van der Waals surface area contributed by atoms with Crippen molar-refractivity contribution in [3.8, 4) is 0 Å². The highest BCUT2D eigenvalue weighted by molar-refractivity contribution is 14.0. The summed E-state index contributed by atoms with van der Waals surface area (Å²) in [6.45, 7) is 5.01. The Morgan fingerprint density at radius 3 is 3.00 bits per heavy atom. The summed E-state index contributed by atoms with van der Waals surface area (Å²) < 4.78 is 14.7. The van der Waals surface area contributed by atoms with Gasteiger partial charge >= 0.3 is 0 Å². The first kappa shape index (κ1) is 22.2. The molecule has 9 heteroatoms. The highest BCUT2D eigenvalue weighted by atomic mass is 127. The lowest BCUT2D eigenvalue weighted by Crippen LogP contribution is -2.44. The van der Waals surface area contributed by atoms with Gasteiger partial charge in [0.2, 0.25) is 0 Å². The first-order valence-electron chi connectivity index (χ1n) is 8.80. The average molecular weight is 524 g/mol. The lowest BCUT2D eigenvalue weighted by atomic mass is 10.3. The number of nitrogens with zero attached hydrogens (tertiary/aromatic N) is 3.